The minimum Gasteiger partial charge on any atom is -0.456 e. The van der Waals surface area contributed by atoms with E-state index in [-0.39, 0.29) is 0 Å². The second-order valence-corrected chi connectivity index (χ2v) is 9.71. The molecule has 0 bridgehead atoms. The Morgan fingerprint density at radius 2 is 1.03 bits per heavy atom. The highest BCUT2D eigenvalue weighted by atomic mass is 16.3. The molecule has 0 saturated carbocycles. The van der Waals surface area contributed by atoms with Gasteiger partial charge in [0.1, 0.15) is 11.2 Å². The first-order valence-corrected chi connectivity index (χ1v) is 13.0. The molecule has 0 saturated heterocycles. The summed E-state index contributed by atoms with van der Waals surface area (Å²) in [6.45, 7) is 0. The fraction of sp³-hybridized carbons (Fsp3) is 0. The highest BCUT2D eigenvalue weighted by Crippen LogP contribution is 2.35. The van der Waals surface area contributed by atoms with Crippen molar-refractivity contribution in [1.82, 2.24) is 15.0 Å². The summed E-state index contributed by atoms with van der Waals surface area (Å²) in [5.74, 6) is 1.89. The van der Waals surface area contributed by atoms with E-state index >= 15 is 0 Å². The van der Waals surface area contributed by atoms with Gasteiger partial charge in [0.15, 0.2) is 17.5 Å². The van der Waals surface area contributed by atoms with Crippen LogP contribution in [-0.4, -0.2) is 15.0 Å². The number of rotatable bonds is 3. The van der Waals surface area contributed by atoms with E-state index < -0.39 is 0 Å². The van der Waals surface area contributed by atoms with E-state index in [4.69, 9.17) is 19.4 Å². The van der Waals surface area contributed by atoms with Gasteiger partial charge in [0.25, 0.3) is 0 Å². The Labute approximate surface area is 224 Å². The van der Waals surface area contributed by atoms with Gasteiger partial charge >= 0.3 is 0 Å². The Kier molecular flexibility index (Phi) is 4.79. The fourth-order valence-corrected chi connectivity index (χ4v) is 5.36. The number of benzene rings is 6. The van der Waals surface area contributed by atoms with Crippen molar-refractivity contribution in [2.24, 2.45) is 0 Å². The number of hydrogen-bond donors (Lipinski definition) is 0. The average molecular weight is 500 g/mol. The third-order valence-electron chi connectivity index (χ3n) is 7.30. The molecular formula is C35H21N3O. The lowest BCUT2D eigenvalue weighted by atomic mass is 10.0. The molecule has 0 radical (unpaired) electrons. The lowest BCUT2D eigenvalue weighted by molar-refractivity contribution is 0.669. The minimum atomic E-state index is 0.610. The second kappa shape index (κ2) is 8.61. The summed E-state index contributed by atoms with van der Waals surface area (Å²) in [5, 5.41) is 6.79. The van der Waals surface area contributed by atoms with Crippen LogP contribution < -0.4 is 0 Å². The second-order valence-electron chi connectivity index (χ2n) is 9.71. The quantitative estimate of drug-likeness (QED) is 0.243. The van der Waals surface area contributed by atoms with Crippen LogP contribution in [0.5, 0.6) is 0 Å². The molecule has 2 heterocycles. The van der Waals surface area contributed by atoms with Gasteiger partial charge in [-0.25, -0.2) is 15.0 Å². The van der Waals surface area contributed by atoms with E-state index in [9.17, 15) is 0 Å². The molecule has 39 heavy (non-hydrogen) atoms. The zero-order chi connectivity index (χ0) is 25.8. The van der Waals surface area contributed by atoms with Gasteiger partial charge in [0.2, 0.25) is 0 Å². The first kappa shape index (κ1) is 21.7. The number of hydrogen-bond acceptors (Lipinski definition) is 4. The first-order chi connectivity index (χ1) is 19.3. The zero-order valence-corrected chi connectivity index (χ0v) is 20.9. The van der Waals surface area contributed by atoms with E-state index in [2.05, 4.69) is 66.7 Å². The monoisotopic (exact) mass is 499 g/mol. The van der Waals surface area contributed by atoms with Crippen LogP contribution >= 0.6 is 0 Å². The van der Waals surface area contributed by atoms with Crippen molar-refractivity contribution in [2.45, 2.75) is 0 Å². The lowest BCUT2D eigenvalue weighted by Crippen LogP contribution is -2.00. The molecule has 8 aromatic rings. The molecule has 2 aromatic heterocycles. The highest BCUT2D eigenvalue weighted by Gasteiger charge is 2.16. The first-order valence-electron chi connectivity index (χ1n) is 13.0. The standard InChI is InChI=1S/C35H21N3O/c1-2-10-23(11-3-1)33-36-34(38-35(37-33)29-16-8-14-22-9-6-7-15-27(22)29)26-17-18-28-30-19-24-12-4-5-13-25(24)20-32(30)39-31(28)21-26/h1-21H. The van der Waals surface area contributed by atoms with Crippen molar-refractivity contribution in [1.29, 1.82) is 0 Å². The molecule has 182 valence electrons. The van der Waals surface area contributed by atoms with Crippen LogP contribution in [0.1, 0.15) is 0 Å². The number of nitrogens with zero attached hydrogens (tertiary/aromatic N) is 3. The Hall–Kier alpha value is -5.35. The van der Waals surface area contributed by atoms with E-state index in [1.54, 1.807) is 0 Å². The smallest absolute Gasteiger partial charge is 0.164 e. The molecule has 0 aliphatic rings. The van der Waals surface area contributed by atoms with E-state index in [0.29, 0.717) is 17.5 Å². The Morgan fingerprint density at radius 3 is 1.87 bits per heavy atom. The maximum atomic E-state index is 6.34. The van der Waals surface area contributed by atoms with Crippen LogP contribution in [0.25, 0.3) is 77.6 Å². The van der Waals surface area contributed by atoms with Gasteiger partial charge in [-0.3, -0.25) is 0 Å². The molecule has 4 nitrogen and oxygen atoms in total. The summed E-state index contributed by atoms with van der Waals surface area (Å²) < 4.78 is 6.34. The minimum absolute atomic E-state index is 0.610. The molecule has 4 heteroatoms. The summed E-state index contributed by atoms with van der Waals surface area (Å²) in [4.78, 5) is 14.8. The highest BCUT2D eigenvalue weighted by molar-refractivity contribution is 6.10. The molecule has 8 rings (SSSR count). The molecule has 0 aliphatic carbocycles. The van der Waals surface area contributed by atoms with E-state index in [1.165, 1.54) is 5.39 Å². The van der Waals surface area contributed by atoms with E-state index in [0.717, 1.165) is 54.8 Å². The normalized spacial score (nSPS) is 11.6. The predicted molar refractivity (Wildman–Crippen MR) is 158 cm³/mol. The molecule has 6 aromatic carbocycles. The molecular weight excluding hydrogens is 478 g/mol. The van der Waals surface area contributed by atoms with Crippen molar-refractivity contribution < 1.29 is 4.42 Å². The number of fused-ring (bicyclic) bond motifs is 5. The van der Waals surface area contributed by atoms with Crippen molar-refractivity contribution in [3.05, 3.63) is 127 Å². The van der Waals surface area contributed by atoms with Crippen molar-refractivity contribution in [3.8, 4) is 34.2 Å². The van der Waals surface area contributed by atoms with Crippen LogP contribution in [0, 0.1) is 0 Å². The summed E-state index contributed by atoms with van der Waals surface area (Å²) >= 11 is 0. The topological polar surface area (TPSA) is 51.8 Å². The summed E-state index contributed by atoms with van der Waals surface area (Å²) in [7, 11) is 0. The average Bonchev–Trinajstić information content (AvgIpc) is 3.36. The van der Waals surface area contributed by atoms with Gasteiger partial charge in [-0.2, -0.15) is 0 Å². The SMILES string of the molecule is c1ccc(-c2nc(-c3ccc4c(c3)oc3cc5ccccc5cc34)nc(-c3cccc4ccccc34)n2)cc1. The molecule has 0 amide bonds. The maximum Gasteiger partial charge on any atom is 0.164 e. The van der Waals surface area contributed by atoms with E-state index in [1.807, 2.05) is 60.7 Å². The van der Waals surface area contributed by atoms with Crippen LogP contribution in [0.2, 0.25) is 0 Å². The van der Waals surface area contributed by atoms with Crippen molar-refractivity contribution >= 4 is 43.5 Å². The summed E-state index contributed by atoms with van der Waals surface area (Å²) in [6, 6.07) is 43.5. The predicted octanol–water partition coefficient (Wildman–Crippen LogP) is 9.08. The Morgan fingerprint density at radius 1 is 0.385 bits per heavy atom. The molecule has 0 atom stereocenters. The van der Waals surface area contributed by atoms with Crippen molar-refractivity contribution in [2.75, 3.05) is 0 Å². The summed E-state index contributed by atoms with van der Waals surface area (Å²) in [6.07, 6.45) is 0. The van der Waals surface area contributed by atoms with Crippen molar-refractivity contribution in [3.63, 3.8) is 0 Å². The van der Waals surface area contributed by atoms with Gasteiger partial charge in [0, 0.05) is 27.5 Å². The Bertz CT molecular complexity index is 2180. The van der Waals surface area contributed by atoms with Crippen LogP contribution in [0.4, 0.5) is 0 Å². The third-order valence-corrected chi connectivity index (χ3v) is 7.30. The van der Waals surface area contributed by atoms with Crippen LogP contribution in [0.3, 0.4) is 0 Å². The van der Waals surface area contributed by atoms with Crippen LogP contribution in [-0.2, 0) is 0 Å². The largest absolute Gasteiger partial charge is 0.456 e. The van der Waals surface area contributed by atoms with Gasteiger partial charge in [0.05, 0.1) is 0 Å². The number of furan rings is 1. The van der Waals surface area contributed by atoms with Gasteiger partial charge in [-0.15, -0.1) is 0 Å². The zero-order valence-electron chi connectivity index (χ0n) is 20.9. The van der Waals surface area contributed by atoms with Crippen LogP contribution in [0.15, 0.2) is 132 Å². The molecule has 0 aliphatic heterocycles. The molecule has 0 unspecified atom stereocenters. The Balaban J connectivity index is 1.35. The lowest BCUT2D eigenvalue weighted by Gasteiger charge is -2.10. The van der Waals surface area contributed by atoms with Gasteiger partial charge in [-0.1, -0.05) is 103 Å². The molecule has 0 spiro atoms. The van der Waals surface area contributed by atoms with Gasteiger partial charge < -0.3 is 4.42 Å². The molecule has 0 fully saturated rings. The number of aromatic nitrogens is 3. The summed E-state index contributed by atoms with van der Waals surface area (Å²) in [5.41, 5.74) is 4.49. The third kappa shape index (κ3) is 3.65. The molecule has 0 N–H and O–H groups in total. The van der Waals surface area contributed by atoms with Gasteiger partial charge in [-0.05, 0) is 45.8 Å². The fourth-order valence-electron chi connectivity index (χ4n) is 5.36. The maximum absolute atomic E-state index is 6.34.